The first-order valence-corrected chi connectivity index (χ1v) is 7.97. The van der Waals surface area contributed by atoms with Crippen LogP contribution in [0.25, 0.3) is 0 Å². The smallest absolute Gasteiger partial charge is 0.338 e. The second-order valence-corrected chi connectivity index (χ2v) is 6.09. The maximum absolute atomic E-state index is 12.1. The lowest BCUT2D eigenvalue weighted by Crippen LogP contribution is -2.31. The Morgan fingerprint density at radius 1 is 1.00 bits per heavy atom. The number of benzene rings is 2. The number of nitrogens with one attached hydrogen (secondary N) is 1. The Morgan fingerprint density at radius 3 is 2.25 bits per heavy atom. The van der Waals surface area contributed by atoms with Crippen LogP contribution in [-0.4, -0.2) is 18.5 Å². The zero-order valence-corrected chi connectivity index (χ0v) is 14.6. The van der Waals surface area contributed by atoms with Crippen LogP contribution < -0.4 is 5.32 Å². The monoisotopic (exact) mass is 325 g/mol. The van der Waals surface area contributed by atoms with E-state index in [1.165, 1.54) is 5.56 Å². The van der Waals surface area contributed by atoms with Crippen LogP contribution in [0.2, 0.25) is 0 Å². The summed E-state index contributed by atoms with van der Waals surface area (Å²) in [5.74, 6) is -0.799. The summed E-state index contributed by atoms with van der Waals surface area (Å²) in [5, 5.41) is 2.83. The lowest BCUT2D eigenvalue weighted by atomic mass is 10.1. The summed E-state index contributed by atoms with van der Waals surface area (Å²) in [5.41, 5.74) is 4.58. The number of ether oxygens (including phenoxy) is 1. The van der Waals surface area contributed by atoms with Gasteiger partial charge in [-0.05, 0) is 44.9 Å². The van der Waals surface area contributed by atoms with E-state index in [4.69, 9.17) is 4.74 Å². The van der Waals surface area contributed by atoms with E-state index in [1.807, 2.05) is 64.1 Å². The third-order valence-electron chi connectivity index (χ3n) is 3.89. The first-order chi connectivity index (χ1) is 11.4. The van der Waals surface area contributed by atoms with Gasteiger partial charge in [-0.1, -0.05) is 47.5 Å². The van der Waals surface area contributed by atoms with Gasteiger partial charge in [0.25, 0.3) is 5.91 Å². The molecule has 0 aliphatic rings. The summed E-state index contributed by atoms with van der Waals surface area (Å²) in [4.78, 5) is 24.1. The summed E-state index contributed by atoms with van der Waals surface area (Å²) in [6, 6.07) is 13.3. The number of hydrogen-bond acceptors (Lipinski definition) is 3. The van der Waals surface area contributed by atoms with Gasteiger partial charge in [-0.3, -0.25) is 4.79 Å². The van der Waals surface area contributed by atoms with Crippen molar-refractivity contribution in [3.05, 3.63) is 70.3 Å². The van der Waals surface area contributed by atoms with E-state index in [2.05, 4.69) is 5.32 Å². The van der Waals surface area contributed by atoms with Gasteiger partial charge in [0.05, 0.1) is 11.6 Å². The summed E-state index contributed by atoms with van der Waals surface area (Å²) in [6.45, 7) is 7.43. The molecule has 0 fully saturated rings. The second-order valence-electron chi connectivity index (χ2n) is 6.09. The van der Waals surface area contributed by atoms with Gasteiger partial charge in [-0.2, -0.15) is 0 Å². The highest BCUT2D eigenvalue weighted by atomic mass is 16.5. The Kier molecular flexibility index (Phi) is 5.74. The Hall–Kier alpha value is -2.62. The van der Waals surface area contributed by atoms with Gasteiger partial charge < -0.3 is 10.1 Å². The molecule has 2 rings (SSSR count). The third-order valence-corrected chi connectivity index (χ3v) is 3.89. The van der Waals surface area contributed by atoms with E-state index < -0.39 is 5.97 Å². The van der Waals surface area contributed by atoms with Crippen LogP contribution >= 0.6 is 0 Å². The minimum Gasteiger partial charge on any atom is -0.452 e. The van der Waals surface area contributed by atoms with Crippen LogP contribution in [0, 0.1) is 20.8 Å². The average molecular weight is 325 g/mol. The van der Waals surface area contributed by atoms with Crippen LogP contribution in [0.4, 0.5) is 0 Å². The molecule has 0 saturated carbocycles. The van der Waals surface area contributed by atoms with E-state index in [1.54, 1.807) is 6.07 Å². The van der Waals surface area contributed by atoms with Gasteiger partial charge in [0.1, 0.15) is 0 Å². The lowest BCUT2D eigenvalue weighted by molar-refractivity contribution is -0.124. The summed E-state index contributed by atoms with van der Waals surface area (Å²) in [6.07, 6.45) is 0. The number of amides is 1. The normalized spacial score (nSPS) is 11.7. The second kappa shape index (κ2) is 7.77. The fourth-order valence-electron chi connectivity index (χ4n) is 2.47. The van der Waals surface area contributed by atoms with Gasteiger partial charge >= 0.3 is 5.97 Å². The first-order valence-electron chi connectivity index (χ1n) is 7.97. The lowest BCUT2D eigenvalue weighted by Gasteiger charge is -2.15. The molecule has 126 valence electrons. The number of carbonyl (C=O) groups is 2. The summed E-state index contributed by atoms with van der Waals surface area (Å²) >= 11 is 0. The number of rotatable bonds is 5. The molecule has 24 heavy (non-hydrogen) atoms. The molecule has 0 unspecified atom stereocenters. The molecule has 0 radical (unpaired) electrons. The quantitative estimate of drug-likeness (QED) is 0.854. The molecule has 0 aliphatic carbocycles. The third kappa shape index (κ3) is 4.69. The molecule has 0 aliphatic heterocycles. The summed E-state index contributed by atoms with van der Waals surface area (Å²) < 4.78 is 5.12. The van der Waals surface area contributed by atoms with Gasteiger partial charge in [0, 0.05) is 0 Å². The maximum Gasteiger partial charge on any atom is 0.338 e. The van der Waals surface area contributed by atoms with E-state index in [9.17, 15) is 9.59 Å². The van der Waals surface area contributed by atoms with Crippen molar-refractivity contribution in [2.75, 3.05) is 6.61 Å². The molecule has 0 spiro atoms. The van der Waals surface area contributed by atoms with Crippen LogP contribution in [0.15, 0.2) is 42.5 Å². The minimum atomic E-state index is -0.481. The molecule has 2 aromatic carbocycles. The highest BCUT2D eigenvalue weighted by Gasteiger charge is 2.14. The van der Waals surface area contributed by atoms with Crippen molar-refractivity contribution < 1.29 is 14.3 Å². The van der Waals surface area contributed by atoms with Crippen molar-refractivity contribution in [2.24, 2.45) is 0 Å². The molecule has 0 bridgehead atoms. The molecule has 4 nitrogen and oxygen atoms in total. The van der Waals surface area contributed by atoms with E-state index in [-0.39, 0.29) is 18.6 Å². The van der Waals surface area contributed by atoms with Gasteiger partial charge in [-0.25, -0.2) is 4.79 Å². The van der Waals surface area contributed by atoms with Gasteiger partial charge in [-0.15, -0.1) is 0 Å². The minimum absolute atomic E-state index is 0.141. The van der Waals surface area contributed by atoms with E-state index >= 15 is 0 Å². The average Bonchev–Trinajstić information content (AvgIpc) is 2.53. The zero-order chi connectivity index (χ0) is 17.7. The SMILES string of the molecule is Cc1ccc([C@@H](C)NC(=O)COC(=O)c2ccc(C)cc2C)cc1. The number of hydrogen-bond donors (Lipinski definition) is 1. The van der Waals surface area contributed by atoms with Crippen molar-refractivity contribution in [1.82, 2.24) is 5.32 Å². The molecular weight excluding hydrogens is 302 g/mol. The number of esters is 1. The fraction of sp³-hybridized carbons (Fsp3) is 0.300. The number of aryl methyl sites for hydroxylation is 3. The van der Waals surface area contributed by atoms with Gasteiger partial charge in [0.15, 0.2) is 6.61 Å². The Labute approximate surface area is 142 Å². The molecular formula is C20H23NO3. The Balaban J connectivity index is 1.88. The van der Waals surface area contributed by atoms with Crippen LogP contribution in [0.3, 0.4) is 0 Å². The van der Waals surface area contributed by atoms with Crippen molar-refractivity contribution in [3.63, 3.8) is 0 Å². The van der Waals surface area contributed by atoms with Crippen molar-refractivity contribution in [1.29, 1.82) is 0 Å². The highest BCUT2D eigenvalue weighted by Crippen LogP contribution is 2.14. The largest absolute Gasteiger partial charge is 0.452 e. The topological polar surface area (TPSA) is 55.4 Å². The molecule has 0 aromatic heterocycles. The zero-order valence-electron chi connectivity index (χ0n) is 14.6. The molecule has 2 aromatic rings. The predicted molar refractivity (Wildman–Crippen MR) is 93.9 cm³/mol. The van der Waals surface area contributed by atoms with Crippen LogP contribution in [0.5, 0.6) is 0 Å². The number of carbonyl (C=O) groups excluding carboxylic acids is 2. The van der Waals surface area contributed by atoms with Gasteiger partial charge in [0.2, 0.25) is 0 Å². The fourth-order valence-corrected chi connectivity index (χ4v) is 2.47. The Bertz CT molecular complexity index is 735. The van der Waals surface area contributed by atoms with Crippen LogP contribution in [0.1, 0.15) is 45.6 Å². The summed E-state index contributed by atoms with van der Waals surface area (Å²) in [7, 11) is 0. The van der Waals surface area contributed by atoms with E-state index in [0.29, 0.717) is 5.56 Å². The van der Waals surface area contributed by atoms with E-state index in [0.717, 1.165) is 16.7 Å². The standard InChI is InChI=1S/C20H23NO3/c1-13-5-8-17(9-6-13)16(4)21-19(22)12-24-20(23)18-10-7-14(2)11-15(18)3/h5-11,16H,12H2,1-4H3,(H,21,22)/t16-/m1/s1. The molecule has 1 amide bonds. The molecule has 0 saturated heterocycles. The Morgan fingerprint density at radius 2 is 1.62 bits per heavy atom. The molecule has 1 N–H and O–H groups in total. The maximum atomic E-state index is 12.1. The van der Waals surface area contributed by atoms with Crippen molar-refractivity contribution in [3.8, 4) is 0 Å². The highest BCUT2D eigenvalue weighted by molar-refractivity contribution is 5.92. The molecule has 4 heteroatoms. The van der Waals surface area contributed by atoms with Crippen molar-refractivity contribution in [2.45, 2.75) is 33.7 Å². The molecule has 1 atom stereocenters. The van der Waals surface area contributed by atoms with Crippen LogP contribution in [-0.2, 0) is 9.53 Å². The van der Waals surface area contributed by atoms with Crippen molar-refractivity contribution >= 4 is 11.9 Å². The first kappa shape index (κ1) is 17.7. The predicted octanol–water partition coefficient (Wildman–Crippen LogP) is 3.65. The molecule has 0 heterocycles.